The minimum atomic E-state index is -3.97. The second-order valence-electron chi connectivity index (χ2n) is 6.81. The van der Waals surface area contributed by atoms with Crippen LogP contribution in [-0.2, 0) is 10.0 Å². The summed E-state index contributed by atoms with van der Waals surface area (Å²) in [5.74, 6) is -0.361. The molecule has 1 aromatic heterocycles. The van der Waals surface area contributed by atoms with Crippen molar-refractivity contribution in [1.82, 2.24) is 14.6 Å². The Bertz CT molecular complexity index is 1180. The number of halogens is 2. The van der Waals surface area contributed by atoms with Gasteiger partial charge in [-0.15, -0.1) is 0 Å². The number of alkyl halides is 1. The van der Waals surface area contributed by atoms with Crippen molar-refractivity contribution in [3.63, 3.8) is 0 Å². The van der Waals surface area contributed by atoms with E-state index in [1.807, 2.05) is 5.32 Å². The van der Waals surface area contributed by atoms with E-state index in [4.69, 9.17) is 5.11 Å². The van der Waals surface area contributed by atoms with E-state index >= 15 is 0 Å². The summed E-state index contributed by atoms with van der Waals surface area (Å²) in [6, 6.07) is 9.33. The molecule has 0 radical (unpaired) electrons. The van der Waals surface area contributed by atoms with Crippen molar-refractivity contribution in [3.8, 4) is 11.1 Å². The zero-order chi connectivity index (χ0) is 20.8. The third-order valence-electron chi connectivity index (χ3n) is 4.97. The van der Waals surface area contributed by atoms with Gasteiger partial charge in [0.1, 0.15) is 12.0 Å². The summed E-state index contributed by atoms with van der Waals surface area (Å²) in [5, 5.41) is 11.5. The number of carbonyl (C=O) groups is 1. The van der Waals surface area contributed by atoms with E-state index in [0.717, 1.165) is 20.8 Å². The van der Waals surface area contributed by atoms with Gasteiger partial charge in [-0.3, -0.25) is 0 Å². The van der Waals surface area contributed by atoms with Gasteiger partial charge >= 0.3 is 6.09 Å². The Morgan fingerprint density at radius 1 is 1.17 bits per heavy atom. The zero-order valence-corrected chi connectivity index (χ0v) is 15.8. The molecule has 1 amide bonds. The first-order chi connectivity index (χ1) is 13.8. The maximum Gasteiger partial charge on any atom is 0.405 e. The maximum absolute atomic E-state index is 14.0. The molecule has 3 aromatic rings. The number of sulfonamides is 1. The lowest BCUT2D eigenvalue weighted by Gasteiger charge is -2.16. The lowest BCUT2D eigenvalue weighted by atomic mass is 10.1. The van der Waals surface area contributed by atoms with Gasteiger partial charge in [-0.1, -0.05) is 12.1 Å². The number of benzene rings is 2. The minimum Gasteiger partial charge on any atom is -0.465 e. The topological polar surface area (TPSA) is 102 Å². The van der Waals surface area contributed by atoms with E-state index in [9.17, 15) is 22.0 Å². The molecular formula is C19H17F2N3O4S. The summed E-state index contributed by atoms with van der Waals surface area (Å²) in [5.41, 5.74) is 2.15. The molecule has 2 aromatic carbocycles. The Balaban J connectivity index is 1.59. The van der Waals surface area contributed by atoms with Gasteiger partial charge in [-0.05, 0) is 35.9 Å². The lowest BCUT2D eigenvalue weighted by Crippen LogP contribution is -2.40. The number of carboxylic acid groups (broad SMARTS) is 1. The molecule has 1 saturated heterocycles. The number of fused-ring (bicyclic) bond motifs is 1. The molecule has 3 N–H and O–H groups in total. The molecule has 0 unspecified atom stereocenters. The minimum absolute atomic E-state index is 0.0182. The molecule has 0 saturated carbocycles. The van der Waals surface area contributed by atoms with Crippen LogP contribution in [-0.4, -0.2) is 54.2 Å². The van der Waals surface area contributed by atoms with Crippen LogP contribution in [0.25, 0.3) is 22.0 Å². The van der Waals surface area contributed by atoms with Crippen LogP contribution in [0, 0.1) is 5.82 Å². The van der Waals surface area contributed by atoms with Crippen molar-refractivity contribution in [3.05, 3.63) is 54.5 Å². The second-order valence-corrected chi connectivity index (χ2v) is 8.75. The molecule has 2 heterocycles. The van der Waals surface area contributed by atoms with Crippen molar-refractivity contribution < 1.29 is 27.1 Å². The first-order valence-corrected chi connectivity index (χ1v) is 10.2. The third kappa shape index (κ3) is 3.56. The van der Waals surface area contributed by atoms with Crippen LogP contribution in [0.5, 0.6) is 0 Å². The summed E-state index contributed by atoms with van der Waals surface area (Å²) in [6.45, 7) is -0.686. The number of nitrogens with one attached hydrogen (secondary N) is 2. The molecule has 29 heavy (non-hydrogen) atoms. The normalized spacial score (nSPS) is 20.2. The first-order valence-electron chi connectivity index (χ1n) is 8.76. The van der Waals surface area contributed by atoms with Gasteiger partial charge in [-0.25, -0.2) is 22.0 Å². The van der Waals surface area contributed by atoms with Gasteiger partial charge in [-0.2, -0.15) is 4.31 Å². The summed E-state index contributed by atoms with van der Waals surface area (Å²) >= 11 is 0. The predicted octanol–water partition coefficient (Wildman–Crippen LogP) is 2.95. The van der Waals surface area contributed by atoms with E-state index < -0.39 is 34.9 Å². The number of rotatable bonds is 4. The van der Waals surface area contributed by atoms with Gasteiger partial charge in [0.2, 0.25) is 10.0 Å². The highest BCUT2D eigenvalue weighted by atomic mass is 32.2. The fraction of sp³-hybridized carbons (Fsp3) is 0.211. The third-order valence-corrected chi connectivity index (χ3v) is 6.82. The van der Waals surface area contributed by atoms with Gasteiger partial charge < -0.3 is 15.4 Å². The standard InChI is InChI=1S/C19H17F2N3O4S/c20-12-3-6-14-15(8-22-17(14)7-12)11-1-4-13(5-2-11)29(27,28)24-9-16(21)18(10-24)23-19(25)26/h1-8,16,18,22-23H,9-10H2,(H,25,26)/t16-,18+/m1/s1. The molecule has 2 atom stereocenters. The number of H-pyrrole nitrogens is 1. The summed E-state index contributed by atoms with van der Waals surface area (Å²) < 4.78 is 53.9. The average Bonchev–Trinajstić information content (AvgIpc) is 3.25. The largest absolute Gasteiger partial charge is 0.465 e. The fourth-order valence-electron chi connectivity index (χ4n) is 3.51. The van der Waals surface area contributed by atoms with Gasteiger partial charge in [0.05, 0.1) is 10.9 Å². The number of hydrogen-bond acceptors (Lipinski definition) is 3. The van der Waals surface area contributed by atoms with Crippen LogP contribution in [0.1, 0.15) is 0 Å². The molecule has 1 fully saturated rings. The number of nitrogens with zero attached hydrogens (tertiary/aromatic N) is 1. The lowest BCUT2D eigenvalue weighted by molar-refractivity contribution is 0.183. The van der Waals surface area contributed by atoms with Crippen LogP contribution >= 0.6 is 0 Å². The molecular weight excluding hydrogens is 404 g/mol. The predicted molar refractivity (Wildman–Crippen MR) is 102 cm³/mol. The fourth-order valence-corrected chi connectivity index (χ4v) is 4.99. The van der Waals surface area contributed by atoms with Gasteiger partial charge in [0.15, 0.2) is 0 Å². The van der Waals surface area contributed by atoms with Crippen LogP contribution in [0.15, 0.2) is 53.6 Å². The zero-order valence-electron chi connectivity index (χ0n) is 15.0. The Hall–Kier alpha value is -2.98. The van der Waals surface area contributed by atoms with Gasteiger partial charge in [0.25, 0.3) is 0 Å². The Kier molecular flexibility index (Phi) is 4.75. The van der Waals surface area contributed by atoms with E-state index in [2.05, 4.69) is 4.98 Å². The molecule has 7 nitrogen and oxygen atoms in total. The summed E-state index contributed by atoms with van der Waals surface area (Å²) in [6.07, 6.45) is -1.31. The Labute approximate surface area is 165 Å². The van der Waals surface area contributed by atoms with Gasteiger partial charge in [0, 0.05) is 35.8 Å². The first kappa shape index (κ1) is 19.3. The van der Waals surface area contributed by atoms with E-state index in [0.29, 0.717) is 5.52 Å². The second kappa shape index (κ2) is 7.12. The number of amides is 1. The number of aromatic amines is 1. The van der Waals surface area contributed by atoms with Crippen LogP contribution in [0.4, 0.5) is 13.6 Å². The smallest absolute Gasteiger partial charge is 0.405 e. The van der Waals surface area contributed by atoms with E-state index in [-0.39, 0.29) is 17.3 Å². The summed E-state index contributed by atoms with van der Waals surface area (Å²) in [4.78, 5) is 13.7. The average molecular weight is 421 g/mol. The quantitative estimate of drug-likeness (QED) is 0.603. The molecule has 1 aliphatic rings. The van der Waals surface area contributed by atoms with E-state index in [1.165, 1.54) is 24.3 Å². The Morgan fingerprint density at radius 2 is 1.90 bits per heavy atom. The highest BCUT2D eigenvalue weighted by molar-refractivity contribution is 7.89. The molecule has 4 rings (SSSR count). The molecule has 1 aliphatic heterocycles. The number of hydrogen-bond donors (Lipinski definition) is 3. The van der Waals surface area contributed by atoms with Crippen molar-refractivity contribution in [2.24, 2.45) is 0 Å². The molecule has 0 bridgehead atoms. The van der Waals surface area contributed by atoms with Crippen LogP contribution in [0.3, 0.4) is 0 Å². The van der Waals surface area contributed by atoms with Crippen LogP contribution < -0.4 is 5.32 Å². The summed E-state index contributed by atoms with van der Waals surface area (Å²) in [7, 11) is -3.97. The van der Waals surface area contributed by atoms with E-state index in [1.54, 1.807) is 24.4 Å². The number of aromatic nitrogens is 1. The van der Waals surface area contributed by atoms with Crippen molar-refractivity contribution in [2.45, 2.75) is 17.1 Å². The van der Waals surface area contributed by atoms with Crippen LogP contribution in [0.2, 0.25) is 0 Å². The maximum atomic E-state index is 14.0. The molecule has 0 spiro atoms. The SMILES string of the molecule is O=C(O)N[C@H]1CN(S(=O)(=O)c2ccc(-c3c[nH]c4cc(F)ccc34)cc2)C[C@H]1F. The highest BCUT2D eigenvalue weighted by Gasteiger charge is 2.40. The monoisotopic (exact) mass is 421 g/mol. The molecule has 152 valence electrons. The van der Waals surface area contributed by atoms with Crippen molar-refractivity contribution in [1.29, 1.82) is 0 Å². The van der Waals surface area contributed by atoms with Crippen molar-refractivity contribution >= 4 is 27.0 Å². The molecule has 0 aliphatic carbocycles. The highest BCUT2D eigenvalue weighted by Crippen LogP contribution is 2.31. The van der Waals surface area contributed by atoms with Crippen molar-refractivity contribution in [2.75, 3.05) is 13.1 Å². The molecule has 10 heteroatoms. The Morgan fingerprint density at radius 3 is 2.59 bits per heavy atom.